The standard InChI is InChI=1S/C12H8BF5N2/c13-6-1-8(12(16,17)18)10-9(2-6)19-5-20(10)7-3-11(14,15)4-7/h1-2,5,7H,3-4H2. The summed E-state index contributed by atoms with van der Waals surface area (Å²) in [6.45, 7) is 0. The van der Waals surface area contributed by atoms with Crippen molar-refractivity contribution in [1.29, 1.82) is 0 Å². The summed E-state index contributed by atoms with van der Waals surface area (Å²) in [6, 6.07) is 1.44. The minimum Gasteiger partial charge on any atom is -0.327 e. The second-order valence-corrected chi connectivity index (χ2v) is 5.00. The molecule has 1 aliphatic rings. The predicted octanol–water partition coefficient (Wildman–Crippen LogP) is 2.82. The Labute approximate surface area is 112 Å². The summed E-state index contributed by atoms with van der Waals surface area (Å²) in [6.07, 6.45) is -4.39. The smallest absolute Gasteiger partial charge is 0.327 e. The molecule has 1 aliphatic carbocycles. The number of aromatic nitrogens is 2. The average molecular weight is 286 g/mol. The maximum atomic E-state index is 13.0. The van der Waals surface area contributed by atoms with Crippen LogP contribution in [0.4, 0.5) is 22.0 Å². The average Bonchev–Trinajstić information content (AvgIpc) is 2.66. The fourth-order valence-corrected chi connectivity index (χ4v) is 2.51. The minimum atomic E-state index is -4.61. The van der Waals surface area contributed by atoms with Gasteiger partial charge in [0.2, 0.25) is 0 Å². The quantitative estimate of drug-likeness (QED) is 0.582. The molecule has 2 radical (unpaired) electrons. The molecule has 2 aromatic rings. The van der Waals surface area contributed by atoms with Crippen LogP contribution in [0.5, 0.6) is 0 Å². The van der Waals surface area contributed by atoms with Gasteiger partial charge in [0, 0.05) is 18.9 Å². The first-order chi connectivity index (χ1) is 9.17. The number of imidazole rings is 1. The molecule has 0 unspecified atom stereocenters. The van der Waals surface area contributed by atoms with Gasteiger partial charge in [-0.3, -0.25) is 0 Å². The third-order valence-corrected chi connectivity index (χ3v) is 3.46. The van der Waals surface area contributed by atoms with Crippen molar-refractivity contribution in [3.63, 3.8) is 0 Å². The molecule has 2 nitrogen and oxygen atoms in total. The Morgan fingerprint density at radius 1 is 1.25 bits per heavy atom. The van der Waals surface area contributed by atoms with Gasteiger partial charge in [0.25, 0.3) is 5.92 Å². The topological polar surface area (TPSA) is 17.8 Å². The first kappa shape index (κ1) is 13.4. The van der Waals surface area contributed by atoms with Crippen molar-refractivity contribution < 1.29 is 22.0 Å². The second kappa shape index (κ2) is 3.96. The van der Waals surface area contributed by atoms with Gasteiger partial charge in [0.1, 0.15) is 7.85 Å². The van der Waals surface area contributed by atoms with Gasteiger partial charge < -0.3 is 4.57 Å². The van der Waals surface area contributed by atoms with Crippen LogP contribution in [-0.2, 0) is 6.18 Å². The van der Waals surface area contributed by atoms with E-state index in [2.05, 4.69) is 4.98 Å². The molecule has 0 saturated heterocycles. The molecule has 1 aromatic carbocycles. The van der Waals surface area contributed by atoms with E-state index in [4.69, 9.17) is 7.85 Å². The Balaban J connectivity index is 2.16. The predicted molar refractivity (Wildman–Crippen MR) is 63.3 cm³/mol. The largest absolute Gasteiger partial charge is 0.418 e. The molecule has 0 N–H and O–H groups in total. The highest BCUT2D eigenvalue weighted by Crippen LogP contribution is 2.47. The first-order valence-electron chi connectivity index (χ1n) is 5.88. The van der Waals surface area contributed by atoms with Gasteiger partial charge in [-0.15, -0.1) is 0 Å². The van der Waals surface area contributed by atoms with Gasteiger partial charge in [-0.2, -0.15) is 13.2 Å². The molecule has 1 fully saturated rings. The monoisotopic (exact) mass is 286 g/mol. The van der Waals surface area contributed by atoms with Gasteiger partial charge >= 0.3 is 6.18 Å². The third kappa shape index (κ3) is 2.07. The number of hydrogen-bond acceptors (Lipinski definition) is 1. The number of rotatable bonds is 1. The summed E-state index contributed by atoms with van der Waals surface area (Å²) in [5, 5.41) is 0. The van der Waals surface area contributed by atoms with Crippen LogP contribution in [-0.4, -0.2) is 23.3 Å². The number of nitrogens with zero attached hydrogens (tertiary/aromatic N) is 2. The zero-order valence-electron chi connectivity index (χ0n) is 10.1. The summed E-state index contributed by atoms with van der Waals surface area (Å²) < 4.78 is 66.1. The van der Waals surface area contributed by atoms with Gasteiger partial charge in [0.05, 0.1) is 22.9 Å². The zero-order valence-corrected chi connectivity index (χ0v) is 10.1. The summed E-state index contributed by atoms with van der Waals surface area (Å²) in [5.74, 6) is -2.81. The van der Waals surface area contributed by atoms with E-state index in [1.54, 1.807) is 0 Å². The molecule has 104 valence electrons. The van der Waals surface area contributed by atoms with Crippen molar-refractivity contribution in [2.24, 2.45) is 0 Å². The molecule has 8 heteroatoms. The second-order valence-electron chi connectivity index (χ2n) is 5.00. The Kier molecular flexibility index (Phi) is 2.65. The molecule has 3 rings (SSSR count). The first-order valence-corrected chi connectivity index (χ1v) is 5.88. The van der Waals surface area contributed by atoms with E-state index >= 15 is 0 Å². The lowest BCUT2D eigenvalue weighted by molar-refractivity contribution is -0.136. The summed E-state index contributed by atoms with van der Waals surface area (Å²) >= 11 is 0. The van der Waals surface area contributed by atoms with Crippen molar-refractivity contribution in [3.8, 4) is 0 Å². The fraction of sp³-hybridized carbons (Fsp3) is 0.417. The Morgan fingerprint density at radius 2 is 1.90 bits per heavy atom. The van der Waals surface area contributed by atoms with E-state index in [9.17, 15) is 22.0 Å². The molecule has 0 amide bonds. The van der Waals surface area contributed by atoms with Gasteiger partial charge in [-0.1, -0.05) is 11.5 Å². The molecular formula is C12H8BF5N2. The van der Waals surface area contributed by atoms with E-state index in [0.717, 1.165) is 6.07 Å². The van der Waals surface area contributed by atoms with Crippen LogP contribution in [0.25, 0.3) is 11.0 Å². The van der Waals surface area contributed by atoms with Gasteiger partial charge in [0.15, 0.2) is 0 Å². The van der Waals surface area contributed by atoms with Gasteiger partial charge in [-0.05, 0) is 6.07 Å². The van der Waals surface area contributed by atoms with Crippen LogP contribution in [0.15, 0.2) is 18.5 Å². The Bertz CT molecular complexity index is 668. The molecule has 0 aliphatic heterocycles. The minimum absolute atomic E-state index is 0.0611. The normalized spacial score (nSPS) is 19.2. The molecule has 0 atom stereocenters. The number of fused-ring (bicyclic) bond motifs is 1. The maximum Gasteiger partial charge on any atom is 0.418 e. The summed E-state index contributed by atoms with van der Waals surface area (Å²) in [7, 11) is 5.43. The lowest BCUT2D eigenvalue weighted by Gasteiger charge is -2.36. The highest BCUT2D eigenvalue weighted by molar-refractivity contribution is 6.33. The Hall–Kier alpha value is -1.60. The maximum absolute atomic E-state index is 13.0. The lowest BCUT2D eigenvalue weighted by Crippen LogP contribution is -2.37. The molecular weight excluding hydrogens is 278 g/mol. The highest BCUT2D eigenvalue weighted by atomic mass is 19.4. The molecule has 20 heavy (non-hydrogen) atoms. The van der Waals surface area contributed by atoms with E-state index in [-0.39, 0.29) is 16.5 Å². The number of benzene rings is 1. The van der Waals surface area contributed by atoms with Crippen molar-refractivity contribution in [2.45, 2.75) is 31.0 Å². The van der Waals surface area contributed by atoms with Crippen LogP contribution in [0.2, 0.25) is 0 Å². The zero-order chi connectivity index (χ0) is 14.7. The summed E-state index contributed by atoms with van der Waals surface area (Å²) in [5.41, 5.74) is -1.13. The van der Waals surface area contributed by atoms with E-state index < -0.39 is 36.5 Å². The SMILES string of the molecule is [B]c1cc(C(F)(F)F)c2c(c1)ncn2C1CC(F)(F)C1. The van der Waals surface area contributed by atoms with Crippen molar-refractivity contribution >= 4 is 24.3 Å². The molecule has 1 heterocycles. The van der Waals surface area contributed by atoms with Crippen LogP contribution in [0, 0.1) is 0 Å². The Morgan fingerprint density at radius 3 is 2.45 bits per heavy atom. The molecule has 1 saturated carbocycles. The van der Waals surface area contributed by atoms with Crippen LogP contribution >= 0.6 is 0 Å². The van der Waals surface area contributed by atoms with Crippen LogP contribution in [0.3, 0.4) is 0 Å². The lowest BCUT2D eigenvalue weighted by atomic mass is 9.87. The van der Waals surface area contributed by atoms with Crippen molar-refractivity contribution in [1.82, 2.24) is 9.55 Å². The number of halogens is 5. The van der Waals surface area contributed by atoms with Crippen molar-refractivity contribution in [2.75, 3.05) is 0 Å². The molecule has 0 bridgehead atoms. The number of alkyl halides is 5. The third-order valence-electron chi connectivity index (χ3n) is 3.46. The van der Waals surface area contributed by atoms with Crippen LogP contribution < -0.4 is 5.46 Å². The van der Waals surface area contributed by atoms with Crippen LogP contribution in [0.1, 0.15) is 24.4 Å². The van der Waals surface area contributed by atoms with E-state index in [1.807, 2.05) is 0 Å². The fourth-order valence-electron chi connectivity index (χ4n) is 2.51. The molecule has 1 aromatic heterocycles. The van der Waals surface area contributed by atoms with Crippen molar-refractivity contribution in [3.05, 3.63) is 24.0 Å². The van der Waals surface area contributed by atoms with E-state index in [0.29, 0.717) is 0 Å². The highest BCUT2D eigenvalue weighted by Gasteiger charge is 2.47. The van der Waals surface area contributed by atoms with Gasteiger partial charge in [-0.25, -0.2) is 13.8 Å². The number of hydrogen-bond donors (Lipinski definition) is 0. The van der Waals surface area contributed by atoms with E-state index in [1.165, 1.54) is 17.0 Å². The summed E-state index contributed by atoms with van der Waals surface area (Å²) in [4.78, 5) is 3.84. The molecule has 0 spiro atoms.